The molecule has 1 aromatic heterocycles. The van der Waals surface area contributed by atoms with Crippen molar-refractivity contribution in [1.29, 1.82) is 0 Å². The van der Waals surface area contributed by atoms with Gasteiger partial charge in [-0.3, -0.25) is 9.59 Å². The number of piperidine rings is 1. The van der Waals surface area contributed by atoms with Crippen molar-refractivity contribution in [3.63, 3.8) is 0 Å². The zero-order valence-corrected chi connectivity index (χ0v) is 19.6. The zero-order valence-electron chi connectivity index (χ0n) is 18.0. The first-order valence-electron chi connectivity index (χ1n) is 10.3. The molecule has 2 N–H and O–H groups in total. The van der Waals surface area contributed by atoms with E-state index in [4.69, 9.17) is 0 Å². The predicted molar refractivity (Wildman–Crippen MR) is 123 cm³/mol. The zero-order chi connectivity index (χ0) is 21.8. The number of amides is 1. The fourth-order valence-corrected chi connectivity index (χ4v) is 4.47. The van der Waals surface area contributed by atoms with Crippen molar-refractivity contribution in [3.8, 4) is 0 Å². The monoisotopic (exact) mass is 475 g/mol. The Balaban J connectivity index is 1.65. The summed E-state index contributed by atoms with van der Waals surface area (Å²) in [5.74, 6) is 0.809. The first-order valence-corrected chi connectivity index (χ1v) is 11.1. The maximum atomic E-state index is 12.2. The van der Waals surface area contributed by atoms with Gasteiger partial charge >= 0.3 is 0 Å². The number of benzene rings is 1. The highest BCUT2D eigenvalue weighted by Crippen LogP contribution is 2.30. The summed E-state index contributed by atoms with van der Waals surface area (Å²) in [7, 11) is 3.77. The summed E-state index contributed by atoms with van der Waals surface area (Å²) in [6.45, 7) is 6.67. The van der Waals surface area contributed by atoms with Crippen LogP contribution in [0.3, 0.4) is 0 Å². The molecule has 1 aliphatic heterocycles. The number of hydrogen-bond donors (Lipinski definition) is 2. The van der Waals surface area contributed by atoms with Gasteiger partial charge in [0.2, 0.25) is 0 Å². The summed E-state index contributed by atoms with van der Waals surface area (Å²) < 4.78 is 1.82. The number of halogens is 1. The van der Waals surface area contributed by atoms with Gasteiger partial charge in [-0.15, -0.1) is 0 Å². The van der Waals surface area contributed by atoms with Gasteiger partial charge < -0.3 is 15.5 Å². The molecular formula is C22H30BrN5O2. The Morgan fingerprint density at radius 2 is 1.93 bits per heavy atom. The molecule has 8 heteroatoms. The molecule has 2 heterocycles. The minimum atomic E-state index is -0.153. The summed E-state index contributed by atoms with van der Waals surface area (Å²) in [6, 6.07) is 8.10. The van der Waals surface area contributed by atoms with E-state index in [0.717, 1.165) is 31.7 Å². The smallest absolute Gasteiger partial charge is 0.282 e. The molecule has 0 bridgehead atoms. The molecule has 2 atom stereocenters. The molecule has 1 unspecified atom stereocenters. The minimum Gasteiger partial charge on any atom is -0.382 e. The largest absolute Gasteiger partial charge is 0.382 e. The van der Waals surface area contributed by atoms with E-state index in [1.807, 2.05) is 26.0 Å². The molecule has 1 saturated heterocycles. The Morgan fingerprint density at radius 1 is 1.23 bits per heavy atom. The van der Waals surface area contributed by atoms with E-state index in [9.17, 15) is 9.59 Å². The SMILES string of the molecule is CC(C)NC(=O)c1ccc([C@H]2CC(CNc3cnn(C)c(=O)c3Br)CN(C)C2)cc1. The molecule has 1 amide bonds. The number of likely N-dealkylation sites (tertiary alicyclic amines) is 1. The van der Waals surface area contributed by atoms with Gasteiger partial charge in [-0.1, -0.05) is 12.1 Å². The average molecular weight is 476 g/mol. The molecule has 162 valence electrons. The number of rotatable bonds is 6. The molecule has 3 rings (SSSR count). The van der Waals surface area contributed by atoms with Crippen LogP contribution in [0.2, 0.25) is 0 Å². The van der Waals surface area contributed by atoms with E-state index in [1.165, 1.54) is 10.2 Å². The number of likely N-dealkylation sites (N-methyl/N-ethyl adjacent to an activating group) is 1. The summed E-state index contributed by atoms with van der Waals surface area (Å²) in [4.78, 5) is 26.6. The molecule has 30 heavy (non-hydrogen) atoms. The topological polar surface area (TPSA) is 79.3 Å². The second-order valence-electron chi connectivity index (χ2n) is 8.45. The highest BCUT2D eigenvalue weighted by molar-refractivity contribution is 9.10. The van der Waals surface area contributed by atoms with Gasteiger partial charge in [0.25, 0.3) is 11.5 Å². The highest BCUT2D eigenvalue weighted by atomic mass is 79.9. The van der Waals surface area contributed by atoms with Crippen LogP contribution in [0.5, 0.6) is 0 Å². The summed E-state index contributed by atoms with van der Waals surface area (Å²) in [5, 5.41) is 10.4. The lowest BCUT2D eigenvalue weighted by atomic mass is 9.84. The molecule has 1 aliphatic rings. The van der Waals surface area contributed by atoms with E-state index in [-0.39, 0.29) is 17.5 Å². The number of hydrogen-bond acceptors (Lipinski definition) is 5. The van der Waals surface area contributed by atoms with E-state index in [1.54, 1.807) is 13.2 Å². The lowest BCUT2D eigenvalue weighted by Crippen LogP contribution is -2.39. The van der Waals surface area contributed by atoms with E-state index in [0.29, 0.717) is 21.9 Å². The van der Waals surface area contributed by atoms with Crippen LogP contribution in [0.4, 0.5) is 5.69 Å². The highest BCUT2D eigenvalue weighted by Gasteiger charge is 2.26. The van der Waals surface area contributed by atoms with E-state index < -0.39 is 0 Å². The Labute approximate surface area is 186 Å². The maximum Gasteiger partial charge on any atom is 0.282 e. The normalized spacial score (nSPS) is 19.7. The number of nitrogens with zero attached hydrogens (tertiary/aromatic N) is 3. The first-order chi connectivity index (χ1) is 14.2. The fourth-order valence-electron chi connectivity index (χ4n) is 3.97. The third-order valence-electron chi connectivity index (χ3n) is 5.44. The summed E-state index contributed by atoms with van der Waals surface area (Å²) >= 11 is 3.37. The predicted octanol–water partition coefficient (Wildman–Crippen LogP) is 2.83. The number of nitrogens with one attached hydrogen (secondary N) is 2. The molecular weight excluding hydrogens is 446 g/mol. The van der Waals surface area contributed by atoms with Gasteiger partial charge in [0.1, 0.15) is 4.47 Å². The molecule has 2 aromatic rings. The molecule has 0 spiro atoms. The van der Waals surface area contributed by atoms with Gasteiger partial charge in [-0.05, 0) is 72.8 Å². The van der Waals surface area contributed by atoms with Gasteiger partial charge in [0.05, 0.1) is 11.9 Å². The minimum absolute atomic E-state index is 0.0346. The molecule has 0 aliphatic carbocycles. The van der Waals surface area contributed by atoms with Crippen LogP contribution in [0, 0.1) is 5.92 Å². The quantitative estimate of drug-likeness (QED) is 0.671. The molecule has 1 fully saturated rings. The van der Waals surface area contributed by atoms with Crippen LogP contribution < -0.4 is 16.2 Å². The van der Waals surface area contributed by atoms with Crippen molar-refractivity contribution < 1.29 is 4.79 Å². The van der Waals surface area contributed by atoms with Crippen molar-refractivity contribution in [1.82, 2.24) is 20.0 Å². The van der Waals surface area contributed by atoms with Crippen LogP contribution in [0.15, 0.2) is 39.7 Å². The standard InChI is InChI=1S/C22H30BrN5O2/c1-14(2)26-21(29)17-7-5-16(6-8-17)18-9-15(12-27(3)13-18)10-24-19-11-25-28(4)22(30)20(19)23/h5-8,11,14-15,18,24H,9-10,12-13H2,1-4H3,(H,26,29)/t15?,18-/m0/s1. The number of carbonyl (C=O) groups excluding carboxylic acids is 1. The van der Waals surface area contributed by atoms with Crippen LogP contribution in [-0.2, 0) is 7.05 Å². The number of carbonyl (C=O) groups is 1. The van der Waals surface area contributed by atoms with E-state index >= 15 is 0 Å². The summed E-state index contributed by atoms with van der Waals surface area (Å²) in [6.07, 6.45) is 2.72. The number of anilines is 1. The molecule has 0 saturated carbocycles. The van der Waals surface area contributed by atoms with Crippen LogP contribution in [-0.4, -0.2) is 53.3 Å². The molecule has 0 radical (unpaired) electrons. The van der Waals surface area contributed by atoms with Crippen LogP contribution >= 0.6 is 15.9 Å². The van der Waals surface area contributed by atoms with E-state index in [2.05, 4.69) is 55.7 Å². The Morgan fingerprint density at radius 3 is 2.60 bits per heavy atom. The first kappa shape index (κ1) is 22.5. The van der Waals surface area contributed by atoms with Crippen LogP contribution in [0.1, 0.15) is 42.1 Å². The van der Waals surface area contributed by atoms with Gasteiger partial charge in [-0.25, -0.2) is 4.68 Å². The second kappa shape index (κ2) is 9.75. The van der Waals surface area contributed by atoms with Crippen molar-refractivity contribution in [3.05, 3.63) is 56.4 Å². The van der Waals surface area contributed by atoms with Gasteiger partial charge in [0.15, 0.2) is 0 Å². The van der Waals surface area contributed by atoms with Gasteiger partial charge in [-0.2, -0.15) is 5.10 Å². The number of aryl methyl sites for hydroxylation is 1. The lowest BCUT2D eigenvalue weighted by molar-refractivity contribution is 0.0943. The molecule has 1 aromatic carbocycles. The Kier molecular flexibility index (Phi) is 7.31. The maximum absolute atomic E-state index is 12.2. The van der Waals surface area contributed by atoms with Crippen LogP contribution in [0.25, 0.3) is 0 Å². The average Bonchev–Trinajstić information content (AvgIpc) is 2.71. The second-order valence-corrected chi connectivity index (χ2v) is 9.24. The summed E-state index contributed by atoms with van der Waals surface area (Å²) in [5.41, 5.74) is 2.52. The Bertz CT molecular complexity index is 942. The molecule has 7 nitrogen and oxygen atoms in total. The number of aromatic nitrogens is 2. The fraction of sp³-hybridized carbons (Fsp3) is 0.500. The van der Waals surface area contributed by atoms with Crippen molar-refractivity contribution >= 4 is 27.5 Å². The van der Waals surface area contributed by atoms with Crippen molar-refractivity contribution in [2.45, 2.75) is 32.2 Å². The van der Waals surface area contributed by atoms with Gasteiger partial charge in [0, 0.05) is 38.3 Å². The lowest BCUT2D eigenvalue weighted by Gasteiger charge is -2.36. The van der Waals surface area contributed by atoms with Crippen molar-refractivity contribution in [2.24, 2.45) is 13.0 Å². The third kappa shape index (κ3) is 5.49. The Hall–Kier alpha value is -2.19. The van der Waals surface area contributed by atoms with Crippen molar-refractivity contribution in [2.75, 3.05) is 32.0 Å². The third-order valence-corrected chi connectivity index (χ3v) is 6.21.